The summed E-state index contributed by atoms with van der Waals surface area (Å²) in [5.74, 6) is 1.93. The van der Waals surface area contributed by atoms with Crippen LogP contribution in [0.2, 0.25) is 10.0 Å². The summed E-state index contributed by atoms with van der Waals surface area (Å²) < 4.78 is 5.48. The van der Waals surface area contributed by atoms with Gasteiger partial charge in [0.2, 0.25) is 0 Å². The van der Waals surface area contributed by atoms with Gasteiger partial charge in [0.1, 0.15) is 6.61 Å². The molecule has 2 aliphatic carbocycles. The minimum atomic E-state index is -0.605. The van der Waals surface area contributed by atoms with E-state index in [2.05, 4.69) is 20.8 Å². The highest BCUT2D eigenvalue weighted by molar-refractivity contribution is 7.14. The molecule has 29 heavy (non-hydrogen) atoms. The molecule has 0 spiro atoms. The van der Waals surface area contributed by atoms with Crippen molar-refractivity contribution >= 4 is 40.3 Å². The van der Waals surface area contributed by atoms with Crippen LogP contribution in [0.4, 0.5) is 0 Å². The number of hydrogen-bond donors (Lipinski definition) is 1. The second-order valence-electron chi connectivity index (χ2n) is 8.96. The van der Waals surface area contributed by atoms with Crippen molar-refractivity contribution in [2.75, 3.05) is 6.61 Å². The fourth-order valence-corrected chi connectivity index (χ4v) is 6.67. The van der Waals surface area contributed by atoms with Gasteiger partial charge in [-0.05, 0) is 72.8 Å². The lowest BCUT2D eigenvalue weighted by Gasteiger charge is -2.13. The van der Waals surface area contributed by atoms with Crippen molar-refractivity contribution in [3.8, 4) is 5.75 Å². The number of thiophene rings is 1. The molecule has 2 aliphatic rings. The van der Waals surface area contributed by atoms with Gasteiger partial charge in [-0.3, -0.25) is 4.79 Å². The maximum absolute atomic E-state index is 13.0. The summed E-state index contributed by atoms with van der Waals surface area (Å²) >= 11 is 14.3. The SMILES string of the molecule is Cc1sc(C(=O)CCc2cc(Cl)c(OCC(C)O)c(Cl)c2)c2c1[C@H]1[C@@H](C2)C1(C)C. The van der Waals surface area contributed by atoms with Crippen LogP contribution in [0.5, 0.6) is 5.75 Å². The van der Waals surface area contributed by atoms with E-state index in [0.717, 1.165) is 16.9 Å². The second kappa shape index (κ2) is 7.56. The quantitative estimate of drug-likeness (QED) is 0.506. The number of hydrogen-bond acceptors (Lipinski definition) is 4. The molecule has 4 rings (SSSR count). The lowest BCUT2D eigenvalue weighted by atomic mass is 9.94. The van der Waals surface area contributed by atoms with Gasteiger partial charge in [-0.25, -0.2) is 0 Å². The molecule has 3 nitrogen and oxygen atoms in total. The number of fused-ring (bicyclic) bond motifs is 3. The van der Waals surface area contributed by atoms with E-state index < -0.39 is 6.10 Å². The first-order chi connectivity index (χ1) is 13.6. The van der Waals surface area contributed by atoms with Crippen molar-refractivity contribution < 1.29 is 14.6 Å². The second-order valence-corrected chi connectivity index (χ2v) is 11.0. The van der Waals surface area contributed by atoms with E-state index >= 15 is 0 Å². The highest BCUT2D eigenvalue weighted by atomic mass is 35.5. The fraction of sp³-hybridized carbons (Fsp3) is 0.522. The smallest absolute Gasteiger partial charge is 0.173 e. The topological polar surface area (TPSA) is 46.5 Å². The number of carbonyl (C=O) groups excluding carboxylic acids is 1. The van der Waals surface area contributed by atoms with E-state index in [4.69, 9.17) is 27.9 Å². The van der Waals surface area contributed by atoms with Gasteiger partial charge in [-0.15, -0.1) is 11.3 Å². The number of aliphatic hydroxyl groups is 1. The number of carbonyl (C=O) groups is 1. The van der Waals surface area contributed by atoms with Gasteiger partial charge >= 0.3 is 0 Å². The Bertz CT molecular complexity index is 954. The summed E-state index contributed by atoms with van der Waals surface area (Å²) in [5, 5.41) is 10.2. The van der Waals surface area contributed by atoms with Crippen molar-refractivity contribution in [2.45, 2.75) is 59.0 Å². The summed E-state index contributed by atoms with van der Waals surface area (Å²) in [6.45, 7) is 8.59. The van der Waals surface area contributed by atoms with E-state index in [9.17, 15) is 9.90 Å². The molecular weight excluding hydrogens is 427 g/mol. The molecule has 0 bridgehead atoms. The van der Waals surface area contributed by atoms with Gasteiger partial charge in [-0.1, -0.05) is 37.0 Å². The van der Waals surface area contributed by atoms with Crippen molar-refractivity contribution in [2.24, 2.45) is 11.3 Å². The molecule has 1 unspecified atom stereocenters. The zero-order valence-electron chi connectivity index (χ0n) is 17.1. The summed E-state index contributed by atoms with van der Waals surface area (Å²) in [4.78, 5) is 15.2. The number of halogens is 2. The number of Topliss-reactive ketones (excluding diaryl/α,β-unsaturated/α-hetero) is 1. The van der Waals surface area contributed by atoms with Crippen LogP contribution in [0, 0.1) is 18.3 Å². The van der Waals surface area contributed by atoms with Crippen LogP contribution in [0.25, 0.3) is 0 Å². The number of aliphatic hydroxyl groups excluding tert-OH is 1. The van der Waals surface area contributed by atoms with Crippen LogP contribution in [-0.4, -0.2) is 23.6 Å². The Labute approximate surface area is 186 Å². The van der Waals surface area contributed by atoms with Gasteiger partial charge in [-0.2, -0.15) is 0 Å². The summed E-state index contributed by atoms with van der Waals surface area (Å²) in [5.41, 5.74) is 4.07. The third kappa shape index (κ3) is 3.74. The molecule has 1 saturated carbocycles. The molecule has 156 valence electrons. The Morgan fingerprint density at radius 1 is 1.34 bits per heavy atom. The molecule has 1 N–H and O–H groups in total. The van der Waals surface area contributed by atoms with E-state index in [1.54, 1.807) is 30.4 Å². The number of ether oxygens (including phenoxy) is 1. The largest absolute Gasteiger partial charge is 0.488 e. The third-order valence-corrected chi connectivity index (χ3v) is 8.21. The molecule has 0 amide bonds. The maximum atomic E-state index is 13.0. The number of rotatable bonds is 7. The normalized spacial score (nSPS) is 22.2. The van der Waals surface area contributed by atoms with Gasteiger partial charge < -0.3 is 9.84 Å². The molecule has 1 aromatic heterocycles. The van der Waals surface area contributed by atoms with Crippen LogP contribution in [0.1, 0.15) is 64.3 Å². The summed E-state index contributed by atoms with van der Waals surface area (Å²) in [6.07, 6.45) is 1.46. The Balaban J connectivity index is 1.45. The Morgan fingerprint density at radius 2 is 2.00 bits per heavy atom. The van der Waals surface area contributed by atoms with Crippen molar-refractivity contribution in [3.63, 3.8) is 0 Å². The summed E-state index contributed by atoms with van der Waals surface area (Å²) in [7, 11) is 0. The lowest BCUT2D eigenvalue weighted by molar-refractivity contribution is 0.0985. The average molecular weight is 453 g/mol. The highest BCUT2D eigenvalue weighted by Crippen LogP contribution is 2.71. The van der Waals surface area contributed by atoms with Crippen molar-refractivity contribution in [3.05, 3.63) is 48.6 Å². The molecule has 1 fully saturated rings. The Hall–Kier alpha value is -1.07. The predicted molar refractivity (Wildman–Crippen MR) is 119 cm³/mol. The molecule has 0 aliphatic heterocycles. The zero-order chi connectivity index (χ0) is 21.1. The van der Waals surface area contributed by atoms with Crippen LogP contribution in [-0.2, 0) is 12.8 Å². The van der Waals surface area contributed by atoms with Crippen LogP contribution >= 0.6 is 34.5 Å². The molecule has 0 radical (unpaired) electrons. The van der Waals surface area contributed by atoms with E-state index in [-0.39, 0.29) is 12.4 Å². The molecule has 6 heteroatoms. The molecule has 1 heterocycles. The Morgan fingerprint density at radius 3 is 2.62 bits per heavy atom. The van der Waals surface area contributed by atoms with Crippen LogP contribution in [0.3, 0.4) is 0 Å². The lowest BCUT2D eigenvalue weighted by Crippen LogP contribution is -2.13. The van der Waals surface area contributed by atoms with E-state index in [1.807, 2.05) is 0 Å². The molecule has 3 atom stereocenters. The first-order valence-corrected chi connectivity index (χ1v) is 11.6. The highest BCUT2D eigenvalue weighted by Gasteiger charge is 2.63. The van der Waals surface area contributed by atoms with Gasteiger partial charge in [0.05, 0.1) is 21.0 Å². The summed E-state index contributed by atoms with van der Waals surface area (Å²) in [6, 6.07) is 3.58. The van der Waals surface area contributed by atoms with Crippen molar-refractivity contribution in [1.82, 2.24) is 0 Å². The van der Waals surface area contributed by atoms with Crippen molar-refractivity contribution in [1.29, 1.82) is 0 Å². The van der Waals surface area contributed by atoms with Crippen LogP contribution < -0.4 is 4.74 Å². The zero-order valence-corrected chi connectivity index (χ0v) is 19.5. The standard InChI is InChI=1S/C23H26Cl2O3S/c1-11(26)10-28-21-16(24)7-13(8-17(21)25)5-6-18(27)22-14-9-15-20(23(15,3)4)19(14)12(2)29-22/h7-8,11,15,20,26H,5-6,9-10H2,1-4H3/t11?,15-,20-/m1/s1. The van der Waals surface area contributed by atoms with Gasteiger partial charge in [0.15, 0.2) is 11.5 Å². The monoisotopic (exact) mass is 452 g/mol. The fourth-order valence-electron chi connectivity index (χ4n) is 4.83. The average Bonchev–Trinajstić information content (AvgIpc) is 2.97. The van der Waals surface area contributed by atoms with Gasteiger partial charge in [0.25, 0.3) is 0 Å². The van der Waals surface area contributed by atoms with Crippen LogP contribution in [0.15, 0.2) is 12.1 Å². The molecular formula is C23H26Cl2O3S. The Kier molecular flexibility index (Phi) is 5.52. The molecule has 2 aromatic rings. The first-order valence-electron chi connectivity index (χ1n) is 10.0. The van der Waals surface area contributed by atoms with E-state index in [1.165, 1.54) is 16.0 Å². The third-order valence-electron chi connectivity index (χ3n) is 6.44. The minimum Gasteiger partial charge on any atom is -0.488 e. The first kappa shape index (κ1) is 21.2. The molecule has 1 aromatic carbocycles. The number of aryl methyl sites for hydroxylation is 2. The van der Waals surface area contributed by atoms with E-state index in [0.29, 0.717) is 45.9 Å². The maximum Gasteiger partial charge on any atom is 0.173 e. The number of ketones is 1. The number of benzene rings is 1. The molecule has 0 saturated heterocycles. The van der Waals surface area contributed by atoms with Gasteiger partial charge in [0, 0.05) is 11.3 Å². The predicted octanol–water partition coefficient (Wildman–Crippen LogP) is 6.23. The minimum absolute atomic E-state index is 0.124.